The van der Waals surface area contributed by atoms with Gasteiger partial charge in [0.05, 0.1) is 0 Å². The van der Waals surface area contributed by atoms with Gasteiger partial charge in [0.1, 0.15) is 5.82 Å². The van der Waals surface area contributed by atoms with Crippen molar-refractivity contribution < 1.29 is 24.2 Å². The van der Waals surface area contributed by atoms with Crippen molar-refractivity contribution >= 4 is 22.7 Å². The second-order valence-electron chi connectivity index (χ2n) is 6.09. The molecule has 6 heteroatoms. The molecule has 1 aliphatic rings. The summed E-state index contributed by atoms with van der Waals surface area (Å²) in [5, 5.41) is 17.8. The molecule has 0 aliphatic carbocycles. The largest absolute Gasteiger partial charge is 0.478 e. The maximum atomic E-state index is 13.2. The van der Waals surface area contributed by atoms with Crippen LogP contribution in [0, 0.1) is 5.82 Å². The molecule has 2 aromatic carbocycles. The monoisotopic (exact) mass is 359 g/mol. The van der Waals surface area contributed by atoms with Crippen molar-refractivity contribution in [3.05, 3.63) is 59.9 Å². The highest BCUT2D eigenvalue weighted by atomic mass is 19.1. The zero-order valence-electron chi connectivity index (χ0n) is 14.4. The summed E-state index contributed by atoms with van der Waals surface area (Å²) >= 11 is 0. The number of likely N-dealkylation sites (tertiary alicyclic amines) is 1. The molecule has 0 radical (unpaired) electrons. The number of carbonyl (C=O) groups is 2. The highest BCUT2D eigenvalue weighted by Gasteiger charge is 2.11. The molecule has 5 nitrogen and oxygen atoms in total. The van der Waals surface area contributed by atoms with E-state index in [2.05, 4.69) is 11.0 Å². The predicted octanol–water partition coefficient (Wildman–Crippen LogP) is 3.33. The molecule has 0 spiro atoms. The minimum absolute atomic E-state index is 0.154. The first-order valence-electron chi connectivity index (χ1n) is 8.49. The van der Waals surface area contributed by atoms with Crippen molar-refractivity contribution in [1.82, 2.24) is 4.90 Å². The second-order valence-corrected chi connectivity index (χ2v) is 6.09. The lowest BCUT2D eigenvalue weighted by atomic mass is 10.0. The normalized spacial score (nSPS) is 14.3. The number of hydrogen-bond donors (Lipinski definition) is 2. The zero-order chi connectivity index (χ0) is 18.9. The number of aliphatic carboxylic acids is 2. The quantitative estimate of drug-likeness (QED) is 0.801. The molecule has 3 rings (SSSR count). The SMILES string of the molecule is Fc1ccc2c(CCN3CCCC3)cccc2c1.O=C(O)/C=C/C(=O)O. The number of benzene rings is 2. The number of nitrogens with zero attached hydrogens (tertiary/aromatic N) is 1. The Kier molecular flexibility index (Phi) is 7.29. The van der Waals surface area contributed by atoms with Gasteiger partial charge in [-0.05, 0) is 60.8 Å². The number of carboxylic acids is 2. The number of halogens is 1. The highest BCUT2D eigenvalue weighted by molar-refractivity contribution is 5.89. The molecule has 0 unspecified atom stereocenters. The van der Waals surface area contributed by atoms with E-state index in [1.807, 2.05) is 18.2 Å². The van der Waals surface area contributed by atoms with E-state index in [0.29, 0.717) is 12.2 Å². The maximum absolute atomic E-state index is 13.2. The molecule has 2 N–H and O–H groups in total. The molecular weight excluding hydrogens is 337 g/mol. The van der Waals surface area contributed by atoms with E-state index in [4.69, 9.17) is 10.2 Å². The van der Waals surface area contributed by atoms with E-state index in [1.54, 1.807) is 12.1 Å². The van der Waals surface area contributed by atoms with Crippen molar-refractivity contribution in [3.8, 4) is 0 Å². The average Bonchev–Trinajstić information content (AvgIpc) is 3.12. The van der Waals surface area contributed by atoms with Gasteiger partial charge in [-0.3, -0.25) is 0 Å². The van der Waals surface area contributed by atoms with Gasteiger partial charge in [0.25, 0.3) is 0 Å². The number of hydrogen-bond acceptors (Lipinski definition) is 3. The van der Waals surface area contributed by atoms with E-state index in [9.17, 15) is 14.0 Å². The number of rotatable bonds is 5. The lowest BCUT2D eigenvalue weighted by Crippen LogP contribution is -2.21. The van der Waals surface area contributed by atoms with Crippen molar-refractivity contribution in [2.45, 2.75) is 19.3 Å². The molecule has 138 valence electrons. The van der Waals surface area contributed by atoms with Gasteiger partial charge in [-0.15, -0.1) is 0 Å². The van der Waals surface area contributed by atoms with Crippen LogP contribution in [0.2, 0.25) is 0 Å². The average molecular weight is 359 g/mol. The van der Waals surface area contributed by atoms with Crippen LogP contribution in [0.1, 0.15) is 18.4 Å². The number of fused-ring (bicyclic) bond motifs is 1. The summed E-state index contributed by atoms with van der Waals surface area (Å²) in [4.78, 5) is 21.6. The van der Waals surface area contributed by atoms with Gasteiger partial charge < -0.3 is 15.1 Å². The molecule has 2 aromatic rings. The first-order chi connectivity index (χ1) is 12.5. The van der Waals surface area contributed by atoms with Crippen LogP contribution in [-0.4, -0.2) is 46.7 Å². The molecule has 0 aromatic heterocycles. The third-order valence-electron chi connectivity index (χ3n) is 4.20. The van der Waals surface area contributed by atoms with Gasteiger partial charge in [0.2, 0.25) is 0 Å². The summed E-state index contributed by atoms with van der Waals surface area (Å²) in [6.45, 7) is 3.59. The van der Waals surface area contributed by atoms with Gasteiger partial charge in [-0.1, -0.05) is 24.3 Å². The summed E-state index contributed by atoms with van der Waals surface area (Å²) in [7, 11) is 0. The van der Waals surface area contributed by atoms with Gasteiger partial charge in [0.15, 0.2) is 0 Å². The molecule has 0 amide bonds. The summed E-state index contributed by atoms with van der Waals surface area (Å²) < 4.78 is 13.2. The van der Waals surface area contributed by atoms with E-state index in [1.165, 1.54) is 36.9 Å². The lowest BCUT2D eigenvalue weighted by Gasteiger charge is -2.15. The fourth-order valence-electron chi connectivity index (χ4n) is 2.97. The molecule has 0 atom stereocenters. The minimum atomic E-state index is -1.26. The summed E-state index contributed by atoms with van der Waals surface area (Å²) in [6, 6.07) is 11.3. The highest BCUT2D eigenvalue weighted by Crippen LogP contribution is 2.21. The van der Waals surface area contributed by atoms with Gasteiger partial charge in [-0.2, -0.15) is 0 Å². The van der Waals surface area contributed by atoms with Crippen molar-refractivity contribution in [3.63, 3.8) is 0 Å². The van der Waals surface area contributed by atoms with Gasteiger partial charge >= 0.3 is 11.9 Å². The van der Waals surface area contributed by atoms with E-state index in [0.717, 1.165) is 18.4 Å². The van der Waals surface area contributed by atoms with Gasteiger partial charge in [0, 0.05) is 18.7 Å². The first kappa shape index (κ1) is 19.6. The third-order valence-corrected chi connectivity index (χ3v) is 4.20. The van der Waals surface area contributed by atoms with Crippen molar-refractivity contribution in [2.24, 2.45) is 0 Å². The molecule has 1 saturated heterocycles. The smallest absolute Gasteiger partial charge is 0.328 e. The predicted molar refractivity (Wildman–Crippen MR) is 97.7 cm³/mol. The Morgan fingerprint density at radius 2 is 1.69 bits per heavy atom. The van der Waals surface area contributed by atoms with Crippen LogP contribution < -0.4 is 0 Å². The van der Waals surface area contributed by atoms with E-state index in [-0.39, 0.29) is 5.82 Å². The Morgan fingerprint density at radius 3 is 2.31 bits per heavy atom. The second kappa shape index (κ2) is 9.68. The van der Waals surface area contributed by atoms with Crippen LogP contribution in [0.25, 0.3) is 10.8 Å². The van der Waals surface area contributed by atoms with Crippen LogP contribution in [0.5, 0.6) is 0 Å². The Hall–Kier alpha value is -2.73. The van der Waals surface area contributed by atoms with Crippen LogP contribution >= 0.6 is 0 Å². The Morgan fingerprint density at radius 1 is 1.04 bits per heavy atom. The molecule has 26 heavy (non-hydrogen) atoms. The van der Waals surface area contributed by atoms with Crippen molar-refractivity contribution in [2.75, 3.05) is 19.6 Å². The molecule has 0 saturated carbocycles. The lowest BCUT2D eigenvalue weighted by molar-refractivity contribution is -0.134. The topological polar surface area (TPSA) is 77.8 Å². The maximum Gasteiger partial charge on any atom is 0.328 e. The van der Waals surface area contributed by atoms with Crippen LogP contribution in [-0.2, 0) is 16.0 Å². The minimum Gasteiger partial charge on any atom is -0.478 e. The molecular formula is C20H22FNO4. The fourth-order valence-corrected chi connectivity index (χ4v) is 2.97. The van der Waals surface area contributed by atoms with Crippen LogP contribution in [0.15, 0.2) is 48.6 Å². The Bertz CT molecular complexity index is 781. The molecule has 1 aliphatic heterocycles. The first-order valence-corrected chi connectivity index (χ1v) is 8.49. The van der Waals surface area contributed by atoms with E-state index >= 15 is 0 Å². The standard InChI is InChI=1S/C16H18FN.C4H4O4/c17-15-6-7-16-13(4-3-5-14(16)12-15)8-11-18-9-1-2-10-18;5-3(6)1-2-4(7)8/h3-7,12H,1-2,8-11H2;1-2H,(H,5,6)(H,7,8)/b;2-1+. The number of carboxylic acid groups (broad SMARTS) is 2. The van der Waals surface area contributed by atoms with Gasteiger partial charge in [-0.25, -0.2) is 14.0 Å². The summed E-state index contributed by atoms with van der Waals surface area (Å²) in [6.07, 6.45) is 4.84. The Labute approximate surface area is 151 Å². The fraction of sp³-hybridized carbons (Fsp3) is 0.300. The summed E-state index contributed by atoms with van der Waals surface area (Å²) in [5.41, 5.74) is 1.33. The Balaban J connectivity index is 0.000000260. The van der Waals surface area contributed by atoms with Crippen LogP contribution in [0.4, 0.5) is 4.39 Å². The summed E-state index contributed by atoms with van der Waals surface area (Å²) in [5.74, 6) is -2.67. The third kappa shape index (κ3) is 6.29. The molecule has 1 fully saturated rings. The van der Waals surface area contributed by atoms with Crippen LogP contribution in [0.3, 0.4) is 0 Å². The zero-order valence-corrected chi connectivity index (χ0v) is 14.4. The molecule has 0 bridgehead atoms. The van der Waals surface area contributed by atoms with E-state index < -0.39 is 11.9 Å². The molecule has 1 heterocycles. The van der Waals surface area contributed by atoms with Crippen molar-refractivity contribution in [1.29, 1.82) is 0 Å².